The van der Waals surface area contributed by atoms with Gasteiger partial charge in [-0.05, 0) is 38.1 Å². The van der Waals surface area contributed by atoms with Crippen LogP contribution in [0.3, 0.4) is 0 Å². The Morgan fingerprint density at radius 1 is 1.17 bits per heavy atom. The molecule has 0 bridgehead atoms. The fourth-order valence-electron chi connectivity index (χ4n) is 2.45. The molecule has 2 aromatic rings. The van der Waals surface area contributed by atoms with E-state index < -0.39 is 0 Å². The largest absolute Gasteiger partial charge is 0.493 e. The van der Waals surface area contributed by atoms with Gasteiger partial charge in [0.15, 0.2) is 17.5 Å². The van der Waals surface area contributed by atoms with Crippen LogP contribution >= 0.6 is 24.0 Å². The standard InChI is InChI=1S/C20H27N5O3.HI/c1-5-28-16-10-9-15(13-17(16)27-4)24-20(21-3)22-12-11-19(26)25-18-8-6-7-14(2)23-18;/h6-10,13H,5,11-12H2,1-4H3,(H2,21,22,24)(H,23,25,26);1H. The number of halogens is 1. The number of benzene rings is 1. The van der Waals surface area contributed by atoms with E-state index in [4.69, 9.17) is 9.47 Å². The van der Waals surface area contributed by atoms with Crippen LogP contribution in [0.25, 0.3) is 0 Å². The molecule has 9 heteroatoms. The average molecular weight is 513 g/mol. The van der Waals surface area contributed by atoms with E-state index in [9.17, 15) is 4.79 Å². The van der Waals surface area contributed by atoms with Crippen molar-refractivity contribution in [3.8, 4) is 11.5 Å². The Morgan fingerprint density at radius 2 is 1.97 bits per heavy atom. The molecular formula is C20H28IN5O3. The second kappa shape index (κ2) is 12.8. The summed E-state index contributed by atoms with van der Waals surface area (Å²) in [5.41, 5.74) is 1.65. The van der Waals surface area contributed by atoms with E-state index in [0.717, 1.165) is 11.4 Å². The molecule has 158 valence electrons. The SMILES string of the molecule is CCOc1ccc(NC(=NC)NCCC(=O)Nc2cccc(C)n2)cc1OC.I. The number of guanidine groups is 1. The molecule has 0 fully saturated rings. The van der Waals surface area contributed by atoms with Crippen molar-refractivity contribution in [2.45, 2.75) is 20.3 Å². The van der Waals surface area contributed by atoms with Crippen molar-refractivity contribution in [2.24, 2.45) is 4.99 Å². The zero-order valence-electron chi connectivity index (χ0n) is 17.1. The van der Waals surface area contributed by atoms with E-state index in [1.54, 1.807) is 20.2 Å². The highest BCUT2D eigenvalue weighted by Gasteiger charge is 2.08. The number of rotatable bonds is 8. The number of carbonyl (C=O) groups is 1. The van der Waals surface area contributed by atoms with Crippen LogP contribution in [0.1, 0.15) is 19.0 Å². The number of nitrogens with one attached hydrogen (secondary N) is 3. The molecule has 1 heterocycles. The van der Waals surface area contributed by atoms with Crippen molar-refractivity contribution in [3.63, 3.8) is 0 Å². The van der Waals surface area contributed by atoms with Crippen LogP contribution in [0, 0.1) is 6.92 Å². The number of carbonyl (C=O) groups excluding carboxylic acids is 1. The highest BCUT2D eigenvalue weighted by molar-refractivity contribution is 14.0. The maximum atomic E-state index is 12.1. The van der Waals surface area contributed by atoms with Gasteiger partial charge in [-0.15, -0.1) is 24.0 Å². The fourth-order valence-corrected chi connectivity index (χ4v) is 2.45. The first kappa shape index (κ1) is 24.5. The maximum Gasteiger partial charge on any atom is 0.227 e. The summed E-state index contributed by atoms with van der Waals surface area (Å²) in [5.74, 6) is 2.29. The Labute approximate surface area is 188 Å². The van der Waals surface area contributed by atoms with Crippen LogP contribution < -0.4 is 25.4 Å². The minimum atomic E-state index is -0.121. The smallest absolute Gasteiger partial charge is 0.227 e. The van der Waals surface area contributed by atoms with Gasteiger partial charge in [0, 0.05) is 37.5 Å². The Bertz CT molecular complexity index is 830. The predicted octanol–water partition coefficient (Wildman–Crippen LogP) is 3.43. The molecule has 0 aliphatic heterocycles. The van der Waals surface area contributed by atoms with E-state index in [0.29, 0.717) is 36.4 Å². The van der Waals surface area contributed by atoms with E-state index >= 15 is 0 Å². The van der Waals surface area contributed by atoms with Crippen LogP contribution in [0.4, 0.5) is 11.5 Å². The molecule has 0 spiro atoms. The molecule has 0 unspecified atom stereocenters. The van der Waals surface area contributed by atoms with Crippen LogP contribution in [0.5, 0.6) is 11.5 Å². The quantitative estimate of drug-likeness (QED) is 0.285. The number of hydrogen-bond donors (Lipinski definition) is 3. The summed E-state index contributed by atoms with van der Waals surface area (Å²) in [4.78, 5) is 20.5. The van der Waals surface area contributed by atoms with Crippen molar-refractivity contribution in [1.82, 2.24) is 10.3 Å². The van der Waals surface area contributed by atoms with Gasteiger partial charge in [0.2, 0.25) is 5.91 Å². The molecular weight excluding hydrogens is 485 g/mol. The van der Waals surface area contributed by atoms with E-state index in [-0.39, 0.29) is 36.3 Å². The predicted molar refractivity (Wildman–Crippen MR) is 127 cm³/mol. The van der Waals surface area contributed by atoms with Crippen LogP contribution in [0.15, 0.2) is 41.4 Å². The van der Waals surface area contributed by atoms with Gasteiger partial charge in [-0.25, -0.2) is 4.98 Å². The fraction of sp³-hybridized carbons (Fsp3) is 0.350. The molecule has 0 radical (unpaired) electrons. The first-order chi connectivity index (χ1) is 13.5. The van der Waals surface area contributed by atoms with Gasteiger partial charge >= 0.3 is 0 Å². The van der Waals surface area contributed by atoms with Crippen molar-refractivity contribution in [2.75, 3.05) is 37.9 Å². The first-order valence-corrected chi connectivity index (χ1v) is 9.07. The zero-order chi connectivity index (χ0) is 20.4. The average Bonchev–Trinajstić information content (AvgIpc) is 2.68. The molecule has 3 N–H and O–H groups in total. The van der Waals surface area contributed by atoms with Crippen molar-refractivity contribution in [1.29, 1.82) is 0 Å². The van der Waals surface area contributed by atoms with Gasteiger partial charge in [0.1, 0.15) is 5.82 Å². The molecule has 1 aromatic heterocycles. The summed E-state index contributed by atoms with van der Waals surface area (Å²) in [6.07, 6.45) is 0.281. The monoisotopic (exact) mass is 513 g/mol. The van der Waals surface area contributed by atoms with Crippen LogP contribution in [0.2, 0.25) is 0 Å². The number of nitrogens with zero attached hydrogens (tertiary/aromatic N) is 2. The summed E-state index contributed by atoms with van der Waals surface area (Å²) in [7, 11) is 3.26. The van der Waals surface area contributed by atoms with Gasteiger partial charge in [-0.1, -0.05) is 6.07 Å². The lowest BCUT2D eigenvalue weighted by Gasteiger charge is -2.14. The topological polar surface area (TPSA) is 96.9 Å². The molecule has 0 saturated heterocycles. The molecule has 1 amide bonds. The Balaban J connectivity index is 0.00000420. The Morgan fingerprint density at radius 3 is 2.62 bits per heavy atom. The van der Waals surface area contributed by atoms with Crippen molar-refractivity contribution in [3.05, 3.63) is 42.1 Å². The Kier molecular flexibility index (Phi) is 10.8. The highest BCUT2D eigenvalue weighted by atomic mass is 127. The number of hydrogen-bond acceptors (Lipinski definition) is 5. The number of amides is 1. The van der Waals surface area contributed by atoms with Gasteiger partial charge in [0.05, 0.1) is 13.7 Å². The van der Waals surface area contributed by atoms with E-state index in [2.05, 4.69) is 25.9 Å². The van der Waals surface area contributed by atoms with Gasteiger partial charge in [-0.2, -0.15) is 0 Å². The number of anilines is 2. The minimum absolute atomic E-state index is 0. The summed E-state index contributed by atoms with van der Waals surface area (Å²) in [5, 5.41) is 9.05. The molecule has 0 aliphatic carbocycles. The van der Waals surface area contributed by atoms with Crippen LogP contribution in [-0.4, -0.2) is 44.2 Å². The van der Waals surface area contributed by atoms with Crippen LogP contribution in [-0.2, 0) is 4.79 Å². The number of methoxy groups -OCH3 is 1. The lowest BCUT2D eigenvalue weighted by Crippen LogP contribution is -2.33. The van der Waals surface area contributed by atoms with E-state index in [1.165, 1.54) is 0 Å². The third kappa shape index (κ3) is 8.14. The van der Waals surface area contributed by atoms with Crippen molar-refractivity contribution < 1.29 is 14.3 Å². The van der Waals surface area contributed by atoms with Crippen molar-refractivity contribution >= 4 is 47.3 Å². The lowest BCUT2D eigenvalue weighted by atomic mass is 10.2. The third-order valence-electron chi connectivity index (χ3n) is 3.75. The van der Waals surface area contributed by atoms with E-state index in [1.807, 2.05) is 44.2 Å². The number of aromatic nitrogens is 1. The Hall–Kier alpha value is -2.56. The molecule has 0 atom stereocenters. The van der Waals surface area contributed by atoms with Gasteiger partial charge in [0.25, 0.3) is 0 Å². The summed E-state index contributed by atoms with van der Waals surface area (Å²) in [6.45, 7) is 4.78. The number of ether oxygens (including phenoxy) is 2. The van der Waals surface area contributed by atoms with Gasteiger partial charge < -0.3 is 25.4 Å². The highest BCUT2D eigenvalue weighted by Crippen LogP contribution is 2.30. The molecule has 8 nitrogen and oxygen atoms in total. The second-order valence-corrected chi connectivity index (χ2v) is 5.89. The molecule has 1 aromatic carbocycles. The molecule has 0 saturated carbocycles. The maximum absolute atomic E-state index is 12.1. The normalized spacial score (nSPS) is 10.6. The first-order valence-electron chi connectivity index (χ1n) is 9.07. The number of pyridine rings is 1. The molecule has 2 rings (SSSR count). The summed E-state index contributed by atoms with van der Waals surface area (Å²) >= 11 is 0. The van der Waals surface area contributed by atoms with Gasteiger partial charge in [-0.3, -0.25) is 9.79 Å². The molecule has 0 aliphatic rings. The number of aliphatic imine (C=N–C) groups is 1. The lowest BCUT2D eigenvalue weighted by molar-refractivity contribution is -0.116. The summed E-state index contributed by atoms with van der Waals surface area (Å²) < 4.78 is 10.9. The third-order valence-corrected chi connectivity index (χ3v) is 3.75. The zero-order valence-corrected chi connectivity index (χ0v) is 19.4. The summed E-state index contributed by atoms with van der Waals surface area (Å²) in [6, 6.07) is 11.0. The second-order valence-electron chi connectivity index (χ2n) is 5.89. The number of aryl methyl sites for hydroxylation is 1. The minimum Gasteiger partial charge on any atom is -0.493 e. The molecule has 29 heavy (non-hydrogen) atoms.